The molecule has 1 aliphatic heterocycles. The Bertz CT molecular complexity index is 961. The van der Waals surface area contributed by atoms with Gasteiger partial charge in [0.2, 0.25) is 10.0 Å². The van der Waals surface area contributed by atoms with Crippen molar-refractivity contribution in [1.29, 1.82) is 0 Å². The quantitative estimate of drug-likeness (QED) is 0.797. The van der Waals surface area contributed by atoms with Crippen LogP contribution in [0.1, 0.15) is 10.5 Å². The number of carbonyl (C=O) groups is 1. The number of sulfonamides is 1. The van der Waals surface area contributed by atoms with Crippen molar-refractivity contribution >= 4 is 26.8 Å². The molecule has 1 aromatic carbocycles. The van der Waals surface area contributed by atoms with Crippen molar-refractivity contribution in [3.63, 3.8) is 0 Å². The molecule has 8 nitrogen and oxygen atoms in total. The van der Waals surface area contributed by atoms with E-state index < -0.39 is 22.0 Å². The van der Waals surface area contributed by atoms with Crippen molar-refractivity contribution in [3.8, 4) is 5.75 Å². The van der Waals surface area contributed by atoms with E-state index in [-0.39, 0.29) is 30.4 Å². The number of methoxy groups -OCH3 is 1. The number of hydrogen-bond donors (Lipinski definition) is 1. The van der Waals surface area contributed by atoms with Crippen LogP contribution < -0.4 is 4.74 Å². The predicted octanol–water partition coefficient (Wildman–Crippen LogP) is 0.568. The molecule has 146 valence electrons. The van der Waals surface area contributed by atoms with Gasteiger partial charge in [0.15, 0.2) is 0 Å². The average Bonchev–Trinajstić information content (AvgIpc) is 2.99. The first-order valence-electron chi connectivity index (χ1n) is 8.54. The van der Waals surface area contributed by atoms with Crippen molar-refractivity contribution in [2.75, 3.05) is 40.0 Å². The minimum Gasteiger partial charge on any atom is -0.496 e. The molecule has 1 amide bonds. The zero-order chi connectivity index (χ0) is 19.8. The molecule has 2 heterocycles. The topological polar surface area (TPSA) is 100 Å². The highest BCUT2D eigenvalue weighted by atomic mass is 32.2. The Labute approximate surface area is 158 Å². The standard InChI is InChI=1S/C18H23N3O5S/c1-20(2)27(24,25)11-12-9-21(10-16(12)22)18(23)15-8-17(26-3)13-6-4-5-7-14(13)19-15/h4-8,12,16,22H,9-11H2,1-3H3/t12-,16+/m0/s1. The number of nitrogens with zero attached hydrogens (tertiary/aromatic N) is 3. The lowest BCUT2D eigenvalue weighted by molar-refractivity contribution is 0.0759. The van der Waals surface area contributed by atoms with Crippen LogP contribution in [0.3, 0.4) is 0 Å². The molecule has 0 unspecified atom stereocenters. The largest absolute Gasteiger partial charge is 0.496 e. The summed E-state index contributed by atoms with van der Waals surface area (Å²) < 4.78 is 30.7. The fraction of sp³-hybridized carbons (Fsp3) is 0.444. The molecule has 1 aliphatic rings. The number of ether oxygens (including phenoxy) is 1. The van der Waals surface area contributed by atoms with Gasteiger partial charge in [-0.3, -0.25) is 4.79 Å². The number of aromatic nitrogens is 1. The molecule has 2 aromatic rings. The van der Waals surface area contributed by atoms with Gasteiger partial charge >= 0.3 is 0 Å². The van der Waals surface area contributed by atoms with E-state index in [0.29, 0.717) is 11.3 Å². The third-order valence-corrected chi connectivity index (χ3v) is 6.75. The van der Waals surface area contributed by atoms with Gasteiger partial charge < -0.3 is 14.7 Å². The highest BCUT2D eigenvalue weighted by Crippen LogP contribution is 2.27. The van der Waals surface area contributed by atoms with Gasteiger partial charge in [0.1, 0.15) is 11.4 Å². The Morgan fingerprint density at radius 2 is 2.04 bits per heavy atom. The fourth-order valence-electron chi connectivity index (χ4n) is 3.19. The van der Waals surface area contributed by atoms with Crippen LogP contribution in [-0.4, -0.2) is 79.8 Å². The minimum absolute atomic E-state index is 0.0727. The Morgan fingerprint density at radius 1 is 1.33 bits per heavy atom. The Morgan fingerprint density at radius 3 is 2.70 bits per heavy atom. The summed E-state index contributed by atoms with van der Waals surface area (Å²) >= 11 is 0. The van der Waals surface area contributed by atoms with Crippen LogP contribution in [-0.2, 0) is 10.0 Å². The first kappa shape index (κ1) is 19.5. The molecule has 9 heteroatoms. The molecule has 0 bridgehead atoms. The maximum Gasteiger partial charge on any atom is 0.272 e. The van der Waals surface area contributed by atoms with Crippen LogP contribution in [0, 0.1) is 5.92 Å². The second-order valence-corrected chi connectivity index (χ2v) is 9.05. The summed E-state index contributed by atoms with van der Waals surface area (Å²) in [5, 5.41) is 11.0. The summed E-state index contributed by atoms with van der Waals surface area (Å²) in [6.07, 6.45) is -0.897. The highest BCUT2D eigenvalue weighted by Gasteiger charge is 2.38. The number of carbonyl (C=O) groups excluding carboxylic acids is 1. The van der Waals surface area contributed by atoms with Gasteiger partial charge in [-0.1, -0.05) is 12.1 Å². The van der Waals surface area contributed by atoms with E-state index in [9.17, 15) is 18.3 Å². The van der Waals surface area contributed by atoms with Crippen molar-refractivity contribution in [2.24, 2.45) is 5.92 Å². The zero-order valence-corrected chi connectivity index (χ0v) is 16.3. The number of β-amino-alcohol motifs (C(OH)–C–C–N with tert-alkyl or cyclic N) is 1. The number of aliphatic hydroxyl groups excluding tert-OH is 1. The molecule has 1 aromatic heterocycles. The van der Waals surface area contributed by atoms with E-state index >= 15 is 0 Å². The van der Waals surface area contributed by atoms with Gasteiger partial charge in [-0.15, -0.1) is 0 Å². The van der Waals surface area contributed by atoms with E-state index in [1.807, 2.05) is 18.2 Å². The third-order valence-electron chi connectivity index (χ3n) is 4.79. The van der Waals surface area contributed by atoms with Crippen molar-refractivity contribution in [3.05, 3.63) is 36.0 Å². The highest BCUT2D eigenvalue weighted by molar-refractivity contribution is 7.89. The minimum atomic E-state index is -3.47. The second-order valence-electron chi connectivity index (χ2n) is 6.83. The second kappa shape index (κ2) is 7.41. The number of aliphatic hydroxyl groups is 1. The maximum atomic E-state index is 12.9. The molecule has 0 radical (unpaired) electrons. The molecular formula is C18H23N3O5S. The van der Waals surface area contributed by atoms with Crippen LogP contribution in [0.25, 0.3) is 10.9 Å². The van der Waals surface area contributed by atoms with Crippen LogP contribution in [0.4, 0.5) is 0 Å². The van der Waals surface area contributed by atoms with Crippen LogP contribution in [0.5, 0.6) is 5.75 Å². The molecule has 3 rings (SSSR count). The maximum absolute atomic E-state index is 12.9. The molecule has 2 atom stereocenters. The average molecular weight is 393 g/mol. The predicted molar refractivity (Wildman–Crippen MR) is 101 cm³/mol. The van der Waals surface area contributed by atoms with Gasteiger partial charge in [0, 0.05) is 44.6 Å². The van der Waals surface area contributed by atoms with Gasteiger partial charge in [0.05, 0.1) is 24.5 Å². The molecule has 1 saturated heterocycles. The Hall–Kier alpha value is -2.23. The first-order valence-corrected chi connectivity index (χ1v) is 10.1. The van der Waals surface area contributed by atoms with E-state index in [4.69, 9.17) is 4.74 Å². The molecule has 1 N–H and O–H groups in total. The Kier molecular flexibility index (Phi) is 5.36. The lowest BCUT2D eigenvalue weighted by Gasteiger charge is -2.18. The summed E-state index contributed by atoms with van der Waals surface area (Å²) in [7, 11) is 0.956. The third kappa shape index (κ3) is 3.90. The number of para-hydroxylation sites is 1. The number of amides is 1. The molecule has 27 heavy (non-hydrogen) atoms. The summed E-state index contributed by atoms with van der Waals surface area (Å²) in [5.41, 5.74) is 0.834. The lowest BCUT2D eigenvalue weighted by atomic mass is 10.1. The van der Waals surface area contributed by atoms with Crippen LogP contribution >= 0.6 is 0 Å². The van der Waals surface area contributed by atoms with Gasteiger partial charge in [0.25, 0.3) is 5.91 Å². The molecule has 1 fully saturated rings. The lowest BCUT2D eigenvalue weighted by Crippen LogP contribution is -2.33. The fourth-order valence-corrected chi connectivity index (χ4v) is 4.35. The van der Waals surface area contributed by atoms with Crippen molar-refractivity contribution < 1.29 is 23.1 Å². The van der Waals surface area contributed by atoms with Gasteiger partial charge in [-0.05, 0) is 12.1 Å². The number of pyridine rings is 1. The zero-order valence-electron chi connectivity index (χ0n) is 15.5. The monoisotopic (exact) mass is 393 g/mol. The normalized spacial score (nSPS) is 20.4. The van der Waals surface area contributed by atoms with Crippen LogP contribution in [0.15, 0.2) is 30.3 Å². The van der Waals surface area contributed by atoms with Crippen molar-refractivity contribution in [2.45, 2.75) is 6.10 Å². The number of fused-ring (bicyclic) bond motifs is 1. The SMILES string of the molecule is COc1cc(C(=O)N2C[C@@H](CS(=O)(=O)N(C)C)[C@H](O)C2)nc2ccccc12. The Balaban J connectivity index is 1.84. The van der Waals surface area contributed by atoms with Gasteiger partial charge in [-0.25, -0.2) is 17.7 Å². The van der Waals surface area contributed by atoms with E-state index in [0.717, 1.165) is 9.69 Å². The van der Waals surface area contributed by atoms with E-state index in [1.54, 1.807) is 12.1 Å². The summed E-state index contributed by atoms with van der Waals surface area (Å²) in [4.78, 5) is 18.7. The smallest absolute Gasteiger partial charge is 0.272 e. The van der Waals surface area contributed by atoms with E-state index in [2.05, 4.69) is 4.98 Å². The number of rotatable bonds is 5. The number of benzene rings is 1. The molecule has 0 spiro atoms. The first-order chi connectivity index (χ1) is 12.7. The molecule has 0 saturated carbocycles. The van der Waals surface area contributed by atoms with E-state index in [1.165, 1.54) is 26.1 Å². The van der Waals surface area contributed by atoms with Crippen LogP contribution in [0.2, 0.25) is 0 Å². The summed E-state index contributed by atoms with van der Waals surface area (Å²) in [6.45, 7) is 0.229. The molecular weight excluding hydrogens is 370 g/mol. The number of likely N-dealkylation sites (tertiary alicyclic amines) is 1. The summed E-state index contributed by atoms with van der Waals surface area (Å²) in [6, 6.07) is 8.91. The molecule has 0 aliphatic carbocycles. The number of hydrogen-bond acceptors (Lipinski definition) is 6. The van der Waals surface area contributed by atoms with Gasteiger partial charge in [-0.2, -0.15) is 0 Å². The van der Waals surface area contributed by atoms with Crippen molar-refractivity contribution in [1.82, 2.24) is 14.2 Å². The summed E-state index contributed by atoms with van der Waals surface area (Å²) in [5.74, 6) is -0.568.